The summed E-state index contributed by atoms with van der Waals surface area (Å²) in [6.45, 7) is 3.87. The van der Waals surface area contributed by atoms with Crippen LogP contribution in [0.5, 0.6) is 5.75 Å². The van der Waals surface area contributed by atoms with Gasteiger partial charge in [-0.3, -0.25) is 9.59 Å². The predicted octanol–water partition coefficient (Wildman–Crippen LogP) is 5.85. The van der Waals surface area contributed by atoms with Gasteiger partial charge in [-0.2, -0.15) is 5.26 Å². The third kappa shape index (κ3) is 7.35. The quantitative estimate of drug-likeness (QED) is 0.295. The summed E-state index contributed by atoms with van der Waals surface area (Å²) in [7, 11) is 0. The van der Waals surface area contributed by atoms with Gasteiger partial charge in [0.1, 0.15) is 11.6 Å². The van der Waals surface area contributed by atoms with Gasteiger partial charge in [0, 0.05) is 12.2 Å². The highest BCUT2D eigenvalue weighted by Gasteiger charge is 2.14. The van der Waals surface area contributed by atoms with Crippen molar-refractivity contribution in [2.75, 3.05) is 11.9 Å². The van der Waals surface area contributed by atoms with Crippen molar-refractivity contribution < 1.29 is 14.3 Å². The molecule has 0 aliphatic heterocycles. The van der Waals surface area contributed by atoms with E-state index >= 15 is 0 Å². The molecule has 3 aromatic rings. The monoisotopic (exact) mass is 507 g/mol. The molecule has 8 heteroatoms. The molecule has 0 saturated carbocycles. The van der Waals surface area contributed by atoms with Gasteiger partial charge in [0.15, 0.2) is 12.4 Å². The van der Waals surface area contributed by atoms with Crippen LogP contribution in [0.2, 0.25) is 10.0 Å². The van der Waals surface area contributed by atoms with Crippen LogP contribution in [-0.2, 0) is 16.1 Å². The van der Waals surface area contributed by atoms with Crippen LogP contribution in [-0.4, -0.2) is 18.4 Å². The fourth-order valence-corrected chi connectivity index (χ4v) is 3.88. The SMILES string of the molecule is Cc1ccc(NC(=O)COc2c(Cl)cc(/C=C(\C#N)C(=O)NCc3ccccc3)cc2Cl)c(C)c1. The molecule has 0 unspecified atom stereocenters. The Kier molecular flexibility index (Phi) is 8.91. The van der Waals surface area contributed by atoms with Crippen molar-refractivity contribution in [1.82, 2.24) is 5.32 Å². The summed E-state index contributed by atoms with van der Waals surface area (Å²) in [4.78, 5) is 24.7. The minimum absolute atomic E-state index is 0.102. The minimum atomic E-state index is -0.521. The van der Waals surface area contributed by atoms with Crippen LogP contribution in [0, 0.1) is 25.2 Å². The first-order valence-corrected chi connectivity index (χ1v) is 11.4. The van der Waals surface area contributed by atoms with Gasteiger partial charge in [-0.15, -0.1) is 0 Å². The zero-order valence-electron chi connectivity index (χ0n) is 19.2. The van der Waals surface area contributed by atoms with Crippen molar-refractivity contribution in [3.63, 3.8) is 0 Å². The number of aryl methyl sites for hydroxylation is 2. The van der Waals surface area contributed by atoms with E-state index in [1.807, 2.05) is 68.4 Å². The van der Waals surface area contributed by atoms with E-state index in [9.17, 15) is 14.9 Å². The summed E-state index contributed by atoms with van der Waals surface area (Å²) in [5, 5.41) is 15.2. The summed E-state index contributed by atoms with van der Waals surface area (Å²) in [5.74, 6) is -0.754. The molecule has 0 aliphatic rings. The van der Waals surface area contributed by atoms with Crippen LogP contribution in [0.1, 0.15) is 22.3 Å². The Morgan fingerprint density at radius 3 is 2.34 bits per heavy atom. The van der Waals surface area contributed by atoms with Crippen molar-refractivity contribution in [2.45, 2.75) is 20.4 Å². The first kappa shape index (κ1) is 25.8. The molecule has 3 rings (SSSR count). The largest absolute Gasteiger partial charge is 0.481 e. The highest BCUT2D eigenvalue weighted by atomic mass is 35.5. The molecule has 2 amide bonds. The minimum Gasteiger partial charge on any atom is -0.481 e. The lowest BCUT2D eigenvalue weighted by molar-refractivity contribution is -0.118. The first-order valence-electron chi connectivity index (χ1n) is 10.7. The van der Waals surface area contributed by atoms with Gasteiger partial charge in [0.05, 0.1) is 10.0 Å². The predicted molar refractivity (Wildman–Crippen MR) is 138 cm³/mol. The number of hydrogen-bond donors (Lipinski definition) is 2. The molecule has 0 heterocycles. The average Bonchev–Trinajstić information content (AvgIpc) is 2.83. The third-order valence-electron chi connectivity index (χ3n) is 5.00. The topological polar surface area (TPSA) is 91.2 Å². The van der Waals surface area contributed by atoms with Gasteiger partial charge in [0.25, 0.3) is 11.8 Å². The zero-order valence-corrected chi connectivity index (χ0v) is 20.7. The normalized spacial score (nSPS) is 10.9. The van der Waals surface area contributed by atoms with E-state index < -0.39 is 5.91 Å². The Balaban J connectivity index is 1.65. The van der Waals surface area contributed by atoms with E-state index in [1.165, 1.54) is 18.2 Å². The Bertz CT molecular complexity index is 1290. The van der Waals surface area contributed by atoms with Crippen LogP contribution in [0.4, 0.5) is 5.69 Å². The molecular formula is C27H23Cl2N3O3. The number of rotatable bonds is 8. The number of amides is 2. The summed E-state index contributed by atoms with van der Waals surface area (Å²) in [5.41, 5.74) is 3.97. The Morgan fingerprint density at radius 2 is 1.71 bits per heavy atom. The number of nitrogens with zero attached hydrogens (tertiary/aromatic N) is 1. The molecule has 0 atom stereocenters. The van der Waals surface area contributed by atoms with Crippen LogP contribution < -0.4 is 15.4 Å². The molecule has 2 N–H and O–H groups in total. The van der Waals surface area contributed by atoms with Crippen LogP contribution >= 0.6 is 23.2 Å². The Labute approximate surface area is 214 Å². The van der Waals surface area contributed by atoms with E-state index in [0.29, 0.717) is 11.3 Å². The van der Waals surface area contributed by atoms with E-state index in [-0.39, 0.29) is 40.4 Å². The number of ether oxygens (including phenoxy) is 1. The lowest BCUT2D eigenvalue weighted by Crippen LogP contribution is -2.23. The number of carbonyl (C=O) groups excluding carboxylic acids is 2. The van der Waals surface area contributed by atoms with Crippen molar-refractivity contribution in [3.8, 4) is 11.8 Å². The summed E-state index contributed by atoms with van der Waals surface area (Å²) < 4.78 is 5.55. The average molecular weight is 508 g/mol. The first-order chi connectivity index (χ1) is 16.8. The fourth-order valence-electron chi connectivity index (χ4n) is 3.27. The van der Waals surface area contributed by atoms with E-state index in [1.54, 1.807) is 0 Å². The molecule has 6 nitrogen and oxygen atoms in total. The smallest absolute Gasteiger partial charge is 0.262 e. The van der Waals surface area contributed by atoms with E-state index in [0.717, 1.165) is 16.7 Å². The van der Waals surface area contributed by atoms with Gasteiger partial charge in [-0.05, 0) is 54.8 Å². The summed E-state index contributed by atoms with van der Waals surface area (Å²) >= 11 is 12.6. The van der Waals surface area contributed by atoms with Crippen molar-refractivity contribution >= 4 is 46.8 Å². The van der Waals surface area contributed by atoms with E-state index in [4.69, 9.17) is 27.9 Å². The van der Waals surface area contributed by atoms with Gasteiger partial charge < -0.3 is 15.4 Å². The second-order valence-electron chi connectivity index (χ2n) is 7.81. The molecule has 0 radical (unpaired) electrons. The zero-order chi connectivity index (χ0) is 25.4. The molecule has 0 aromatic heterocycles. The standard InChI is InChI=1S/C27H23Cl2N3O3/c1-17-8-9-24(18(2)10-17)32-25(33)16-35-26-22(28)12-20(13-23(26)29)11-21(14-30)27(34)31-15-19-6-4-3-5-7-19/h3-13H,15-16H2,1-2H3,(H,31,34)(H,32,33)/b21-11+. The third-order valence-corrected chi connectivity index (χ3v) is 5.56. The molecule has 0 aliphatic carbocycles. The van der Waals surface area contributed by atoms with Crippen LogP contribution in [0.15, 0.2) is 66.2 Å². The number of hydrogen-bond acceptors (Lipinski definition) is 4. The number of halogens is 2. The van der Waals surface area contributed by atoms with Gasteiger partial charge >= 0.3 is 0 Å². The maximum absolute atomic E-state index is 12.4. The second-order valence-corrected chi connectivity index (χ2v) is 8.62. The summed E-state index contributed by atoms with van der Waals surface area (Å²) in [6, 6.07) is 19.9. The number of benzene rings is 3. The van der Waals surface area contributed by atoms with Crippen molar-refractivity contribution in [1.29, 1.82) is 5.26 Å². The maximum Gasteiger partial charge on any atom is 0.262 e. The molecule has 0 spiro atoms. The number of nitrogens with one attached hydrogen (secondary N) is 2. The number of anilines is 1. The highest BCUT2D eigenvalue weighted by Crippen LogP contribution is 2.35. The van der Waals surface area contributed by atoms with Gasteiger partial charge in [-0.25, -0.2) is 0 Å². The van der Waals surface area contributed by atoms with Gasteiger partial charge in [-0.1, -0.05) is 71.2 Å². The molecule has 0 fully saturated rings. The molecule has 178 valence electrons. The Hall–Kier alpha value is -3.79. The van der Waals surface area contributed by atoms with Crippen LogP contribution in [0.3, 0.4) is 0 Å². The van der Waals surface area contributed by atoms with Crippen molar-refractivity contribution in [3.05, 3.63) is 98.5 Å². The van der Waals surface area contributed by atoms with Crippen molar-refractivity contribution in [2.24, 2.45) is 0 Å². The highest BCUT2D eigenvalue weighted by molar-refractivity contribution is 6.37. The second kappa shape index (κ2) is 12.1. The Morgan fingerprint density at radius 1 is 1.03 bits per heavy atom. The lowest BCUT2D eigenvalue weighted by atomic mass is 10.1. The molecule has 0 bridgehead atoms. The molecule has 35 heavy (non-hydrogen) atoms. The molecule has 3 aromatic carbocycles. The summed E-state index contributed by atoms with van der Waals surface area (Å²) in [6.07, 6.45) is 1.38. The van der Waals surface area contributed by atoms with Gasteiger partial charge in [0.2, 0.25) is 0 Å². The number of carbonyl (C=O) groups is 2. The molecule has 0 saturated heterocycles. The maximum atomic E-state index is 12.4. The fraction of sp³-hybridized carbons (Fsp3) is 0.148. The van der Waals surface area contributed by atoms with Crippen LogP contribution in [0.25, 0.3) is 6.08 Å². The van der Waals surface area contributed by atoms with E-state index in [2.05, 4.69) is 10.6 Å². The lowest BCUT2D eigenvalue weighted by Gasteiger charge is -2.12. The number of nitriles is 1. The molecular weight excluding hydrogens is 485 g/mol.